The van der Waals surface area contributed by atoms with Crippen molar-refractivity contribution in [1.82, 2.24) is 0 Å². The Bertz CT molecular complexity index is 420. The minimum absolute atomic E-state index is 0.126. The van der Waals surface area contributed by atoms with E-state index in [4.69, 9.17) is 21.1 Å². The van der Waals surface area contributed by atoms with Crippen LogP contribution in [-0.2, 0) is 33.3 Å². The minimum Gasteiger partial charge on any atom is -0.462 e. The van der Waals surface area contributed by atoms with Crippen molar-refractivity contribution in [2.75, 3.05) is 19.8 Å². The minimum atomic E-state index is -0.995. The molecule has 0 fully saturated rings. The van der Waals surface area contributed by atoms with Crippen molar-refractivity contribution in [2.45, 2.75) is 25.9 Å². The van der Waals surface area contributed by atoms with Gasteiger partial charge in [-0.05, 0) is 6.92 Å². The summed E-state index contributed by atoms with van der Waals surface area (Å²) in [6.45, 7) is 4.33. The summed E-state index contributed by atoms with van der Waals surface area (Å²) >= 11 is 4.90. The molecule has 9 heteroatoms. The molecule has 0 N–H and O–H groups in total. The average molecular weight is 337 g/mol. The average Bonchev–Trinajstić information content (AvgIpc) is 2.47. The van der Waals surface area contributed by atoms with Crippen molar-refractivity contribution >= 4 is 34.9 Å². The zero-order valence-corrected chi connectivity index (χ0v) is 12.8. The lowest BCUT2D eigenvalue weighted by molar-refractivity contribution is -0.156. The summed E-state index contributed by atoms with van der Waals surface area (Å²) in [4.78, 5) is 43.7. The molecule has 124 valence electrons. The largest absolute Gasteiger partial charge is 0.462 e. The van der Waals surface area contributed by atoms with Gasteiger partial charge < -0.3 is 18.9 Å². The van der Waals surface area contributed by atoms with Gasteiger partial charge in [-0.2, -0.15) is 0 Å². The Balaban J connectivity index is 3.71. The van der Waals surface area contributed by atoms with E-state index in [0.717, 1.165) is 6.08 Å². The van der Waals surface area contributed by atoms with Crippen molar-refractivity contribution in [1.29, 1.82) is 0 Å². The zero-order chi connectivity index (χ0) is 17.0. The lowest BCUT2D eigenvalue weighted by atomic mass is 10.3. The summed E-state index contributed by atoms with van der Waals surface area (Å²) in [6.07, 6.45) is 0.00671. The van der Waals surface area contributed by atoms with E-state index in [-0.39, 0.29) is 32.7 Å². The third-order valence-electron chi connectivity index (χ3n) is 2.06. The third kappa shape index (κ3) is 11.7. The van der Waals surface area contributed by atoms with Gasteiger partial charge in [-0.3, -0.25) is 9.59 Å². The SMILES string of the molecule is C=CC(=O)OC(C)COC(=O)CCC(=O)OCCOC(=O)Cl. The van der Waals surface area contributed by atoms with Crippen molar-refractivity contribution < 1.29 is 38.1 Å². The molecule has 0 amide bonds. The maximum Gasteiger partial charge on any atom is 0.403 e. The maximum absolute atomic E-state index is 11.3. The Labute approximate surface area is 132 Å². The van der Waals surface area contributed by atoms with Gasteiger partial charge in [0, 0.05) is 17.7 Å². The van der Waals surface area contributed by atoms with Crippen LogP contribution in [0, 0.1) is 0 Å². The smallest absolute Gasteiger partial charge is 0.403 e. The van der Waals surface area contributed by atoms with Crippen molar-refractivity contribution in [3.63, 3.8) is 0 Å². The van der Waals surface area contributed by atoms with E-state index >= 15 is 0 Å². The third-order valence-corrected chi connectivity index (χ3v) is 2.17. The first kappa shape index (κ1) is 19.9. The zero-order valence-electron chi connectivity index (χ0n) is 12.0. The van der Waals surface area contributed by atoms with Gasteiger partial charge >= 0.3 is 23.3 Å². The van der Waals surface area contributed by atoms with E-state index < -0.39 is 29.4 Å². The topological polar surface area (TPSA) is 105 Å². The molecule has 0 saturated heterocycles. The normalized spacial score (nSPS) is 11.0. The van der Waals surface area contributed by atoms with E-state index in [9.17, 15) is 19.2 Å². The number of carbonyl (C=O) groups is 4. The Morgan fingerprint density at radius 3 is 2.14 bits per heavy atom. The highest BCUT2D eigenvalue weighted by Gasteiger charge is 2.12. The first-order chi connectivity index (χ1) is 10.3. The molecule has 22 heavy (non-hydrogen) atoms. The number of carbonyl (C=O) groups excluding carboxylic acids is 4. The van der Waals surface area contributed by atoms with E-state index in [0.29, 0.717) is 0 Å². The lowest BCUT2D eigenvalue weighted by Gasteiger charge is -2.12. The number of esters is 3. The van der Waals surface area contributed by atoms with Crippen LogP contribution in [0.5, 0.6) is 0 Å². The van der Waals surface area contributed by atoms with Crippen molar-refractivity contribution in [3.8, 4) is 0 Å². The van der Waals surface area contributed by atoms with Gasteiger partial charge in [0.05, 0.1) is 12.8 Å². The predicted octanol–water partition coefficient (Wildman–Crippen LogP) is 1.35. The number of hydrogen-bond donors (Lipinski definition) is 0. The van der Waals surface area contributed by atoms with Crippen LogP contribution in [-0.4, -0.2) is 49.3 Å². The monoisotopic (exact) mass is 336 g/mol. The number of hydrogen-bond acceptors (Lipinski definition) is 8. The van der Waals surface area contributed by atoms with Gasteiger partial charge in [-0.15, -0.1) is 0 Å². The molecule has 0 aromatic rings. The van der Waals surface area contributed by atoms with Gasteiger partial charge in [0.25, 0.3) is 0 Å². The van der Waals surface area contributed by atoms with Crippen LogP contribution < -0.4 is 0 Å². The Morgan fingerprint density at radius 2 is 1.59 bits per heavy atom. The van der Waals surface area contributed by atoms with Crippen LogP contribution in [0.1, 0.15) is 19.8 Å². The quantitative estimate of drug-likeness (QED) is 0.193. The molecule has 0 bridgehead atoms. The van der Waals surface area contributed by atoms with E-state index in [1.807, 2.05) is 0 Å². The van der Waals surface area contributed by atoms with Gasteiger partial charge in [0.15, 0.2) is 0 Å². The van der Waals surface area contributed by atoms with Gasteiger partial charge in [0.2, 0.25) is 0 Å². The number of ether oxygens (including phenoxy) is 4. The van der Waals surface area contributed by atoms with Crippen LogP contribution in [0.25, 0.3) is 0 Å². The molecule has 0 aliphatic heterocycles. The van der Waals surface area contributed by atoms with Gasteiger partial charge in [0.1, 0.15) is 25.9 Å². The summed E-state index contributed by atoms with van der Waals surface area (Å²) in [5.41, 5.74) is -0.995. The molecule has 0 aromatic heterocycles. The molecule has 0 spiro atoms. The fourth-order valence-electron chi connectivity index (χ4n) is 1.12. The lowest BCUT2D eigenvalue weighted by Crippen LogP contribution is -2.22. The molecule has 0 heterocycles. The highest BCUT2D eigenvalue weighted by Crippen LogP contribution is 1.99. The van der Waals surface area contributed by atoms with E-state index in [2.05, 4.69) is 16.1 Å². The molecule has 8 nitrogen and oxygen atoms in total. The summed E-state index contributed by atoms with van der Waals surface area (Å²) < 4.78 is 18.6. The molecule has 1 unspecified atom stereocenters. The van der Waals surface area contributed by atoms with Crippen LogP contribution in [0.4, 0.5) is 4.79 Å². The van der Waals surface area contributed by atoms with E-state index in [1.54, 1.807) is 6.92 Å². The second-order valence-corrected chi connectivity index (χ2v) is 4.25. The van der Waals surface area contributed by atoms with Crippen molar-refractivity contribution in [2.24, 2.45) is 0 Å². The fourth-order valence-corrected chi connectivity index (χ4v) is 1.19. The molecule has 0 rings (SSSR count). The van der Waals surface area contributed by atoms with Crippen LogP contribution in [0.2, 0.25) is 0 Å². The molecule has 0 aliphatic carbocycles. The standard InChI is InChI=1S/C13H17ClO8/c1-3-10(15)22-9(2)8-21-12(17)5-4-11(16)19-6-7-20-13(14)18/h3,9H,1,4-8H2,2H3. The summed E-state index contributed by atoms with van der Waals surface area (Å²) in [5, 5.41) is 0. The maximum atomic E-state index is 11.3. The first-order valence-electron chi connectivity index (χ1n) is 6.31. The second kappa shape index (κ2) is 11.6. The fraction of sp³-hybridized carbons (Fsp3) is 0.538. The number of rotatable bonds is 10. The molecule has 0 radical (unpaired) electrons. The van der Waals surface area contributed by atoms with Crippen LogP contribution in [0.15, 0.2) is 12.7 Å². The molecule has 0 aliphatic rings. The molecule has 0 saturated carbocycles. The number of halogens is 1. The van der Waals surface area contributed by atoms with Gasteiger partial charge in [-0.25, -0.2) is 9.59 Å². The highest BCUT2D eigenvalue weighted by atomic mass is 35.5. The van der Waals surface area contributed by atoms with E-state index in [1.165, 1.54) is 0 Å². The van der Waals surface area contributed by atoms with Crippen LogP contribution >= 0.6 is 11.6 Å². The Kier molecular flexibility index (Phi) is 10.5. The summed E-state index contributed by atoms with van der Waals surface area (Å²) in [6, 6.07) is 0. The molecular weight excluding hydrogens is 320 g/mol. The first-order valence-corrected chi connectivity index (χ1v) is 6.69. The molecule has 0 aromatic carbocycles. The van der Waals surface area contributed by atoms with Crippen molar-refractivity contribution in [3.05, 3.63) is 12.7 Å². The second-order valence-electron chi connectivity index (χ2n) is 3.94. The highest BCUT2D eigenvalue weighted by molar-refractivity contribution is 6.61. The Morgan fingerprint density at radius 1 is 1.05 bits per heavy atom. The van der Waals surface area contributed by atoms with Gasteiger partial charge in [-0.1, -0.05) is 6.58 Å². The molecular formula is C13H17ClO8. The predicted molar refractivity (Wildman–Crippen MR) is 74.1 cm³/mol. The summed E-state index contributed by atoms with van der Waals surface area (Å²) in [5.74, 6) is -1.90. The molecule has 1 atom stereocenters. The Hall–Kier alpha value is -2.09. The van der Waals surface area contributed by atoms with Crippen LogP contribution in [0.3, 0.4) is 0 Å². The summed E-state index contributed by atoms with van der Waals surface area (Å²) in [7, 11) is 0.